The quantitative estimate of drug-likeness (QED) is 0.417. The first-order valence-corrected chi connectivity index (χ1v) is 12.1. The van der Waals surface area contributed by atoms with E-state index >= 15 is 0 Å². The van der Waals surface area contributed by atoms with Gasteiger partial charge in [0.2, 0.25) is 0 Å². The highest BCUT2D eigenvalue weighted by molar-refractivity contribution is 7.90. The molecule has 0 unspecified atom stereocenters. The highest BCUT2D eigenvalue weighted by Gasteiger charge is 2.31. The van der Waals surface area contributed by atoms with Crippen LogP contribution >= 0.6 is 0 Å². The van der Waals surface area contributed by atoms with Crippen molar-refractivity contribution < 1.29 is 8.42 Å². The van der Waals surface area contributed by atoms with Crippen LogP contribution < -0.4 is 0 Å². The molecule has 0 N–H and O–H groups in total. The third kappa shape index (κ3) is 2.88. The number of nitrogens with zero attached hydrogens (tertiary/aromatic N) is 6. The van der Waals surface area contributed by atoms with Gasteiger partial charge in [-0.25, -0.2) is 17.4 Å². The van der Waals surface area contributed by atoms with Crippen LogP contribution in [-0.4, -0.2) is 36.5 Å². The van der Waals surface area contributed by atoms with E-state index in [9.17, 15) is 8.42 Å². The lowest BCUT2D eigenvalue weighted by Gasteiger charge is -2.13. The second-order valence-electron chi connectivity index (χ2n) is 8.44. The summed E-state index contributed by atoms with van der Waals surface area (Å²) in [6, 6.07) is 13.2. The summed E-state index contributed by atoms with van der Waals surface area (Å²) in [5.41, 5.74) is 2.70. The van der Waals surface area contributed by atoms with E-state index in [0.717, 1.165) is 30.7 Å². The zero-order chi connectivity index (χ0) is 21.9. The van der Waals surface area contributed by atoms with Crippen LogP contribution in [0.2, 0.25) is 0 Å². The first-order chi connectivity index (χ1) is 15.5. The monoisotopic (exact) mass is 446 g/mol. The van der Waals surface area contributed by atoms with E-state index < -0.39 is 10.0 Å². The van der Waals surface area contributed by atoms with Gasteiger partial charge < -0.3 is 4.57 Å². The zero-order valence-corrected chi connectivity index (χ0v) is 18.4. The summed E-state index contributed by atoms with van der Waals surface area (Å²) in [6.45, 7) is 1.93. The molecule has 1 aliphatic rings. The molecule has 2 atom stereocenters. The molecule has 1 saturated carbocycles. The molecule has 1 aliphatic carbocycles. The minimum absolute atomic E-state index is 0.233. The molecule has 5 aromatic rings. The van der Waals surface area contributed by atoms with Crippen LogP contribution in [0.25, 0.3) is 16.8 Å². The van der Waals surface area contributed by atoms with Gasteiger partial charge >= 0.3 is 0 Å². The smallest absolute Gasteiger partial charge is 0.269 e. The van der Waals surface area contributed by atoms with Crippen molar-refractivity contribution in [2.45, 2.75) is 43.0 Å². The number of hydrogen-bond donors (Lipinski definition) is 0. The molecule has 0 spiro atoms. The summed E-state index contributed by atoms with van der Waals surface area (Å²) in [5, 5.41) is 8.81. The topological polar surface area (TPSA) is 87.1 Å². The molecule has 1 aromatic carbocycles. The summed E-state index contributed by atoms with van der Waals surface area (Å²) in [5.74, 6) is 1.12. The average molecular weight is 447 g/mol. The minimum atomic E-state index is -3.76. The molecule has 9 heteroatoms. The molecule has 32 heavy (non-hydrogen) atoms. The Bertz CT molecular complexity index is 1530. The van der Waals surface area contributed by atoms with Crippen molar-refractivity contribution in [1.82, 2.24) is 28.1 Å². The maximum absolute atomic E-state index is 13.3. The molecule has 4 heterocycles. The van der Waals surface area contributed by atoms with E-state index in [1.165, 1.54) is 3.97 Å². The van der Waals surface area contributed by atoms with Crippen LogP contribution in [0, 0.1) is 6.92 Å². The molecule has 0 saturated heterocycles. The maximum atomic E-state index is 13.3. The standard InChI is InChI=1S/C23H22N6O2S/c1-16-4-8-19(9-5-16)32(30,31)28-13-10-20-23(28)24-15-21-25-26-22(29(20)21)17-6-7-18(14-17)27-11-2-3-12-27/h2-5,8-13,15,17-18H,6-7,14H2,1H3/t17-,18+/m1/s1. The molecule has 0 bridgehead atoms. The van der Waals surface area contributed by atoms with Crippen LogP contribution in [0.4, 0.5) is 0 Å². The van der Waals surface area contributed by atoms with Gasteiger partial charge in [-0.05, 0) is 56.5 Å². The number of fused-ring (bicyclic) bond motifs is 3. The first kappa shape index (κ1) is 19.2. The lowest BCUT2D eigenvalue weighted by Crippen LogP contribution is -2.13. The molecule has 8 nitrogen and oxygen atoms in total. The Kier molecular flexibility index (Phi) is 4.23. The van der Waals surface area contributed by atoms with Crippen molar-refractivity contribution in [2.24, 2.45) is 0 Å². The lowest BCUT2D eigenvalue weighted by molar-refractivity contribution is 0.508. The predicted molar refractivity (Wildman–Crippen MR) is 120 cm³/mol. The van der Waals surface area contributed by atoms with Crippen LogP contribution in [-0.2, 0) is 10.0 Å². The fourth-order valence-corrected chi connectivity index (χ4v) is 6.09. The molecule has 0 radical (unpaired) electrons. The molecule has 162 valence electrons. The largest absolute Gasteiger partial charge is 0.351 e. The van der Waals surface area contributed by atoms with Gasteiger partial charge in [0.1, 0.15) is 5.82 Å². The van der Waals surface area contributed by atoms with Gasteiger partial charge in [0.05, 0.1) is 16.6 Å². The van der Waals surface area contributed by atoms with Crippen LogP contribution in [0.15, 0.2) is 72.1 Å². The summed E-state index contributed by atoms with van der Waals surface area (Å²) in [6.07, 6.45) is 10.4. The van der Waals surface area contributed by atoms with Gasteiger partial charge in [0.15, 0.2) is 11.3 Å². The van der Waals surface area contributed by atoms with Gasteiger partial charge in [0, 0.05) is 30.6 Å². The predicted octanol–water partition coefficient (Wildman–Crippen LogP) is 3.93. The molecule has 0 aliphatic heterocycles. The number of rotatable bonds is 4. The minimum Gasteiger partial charge on any atom is -0.351 e. The fraction of sp³-hybridized carbons (Fsp3) is 0.261. The van der Waals surface area contributed by atoms with E-state index in [-0.39, 0.29) is 10.8 Å². The second-order valence-corrected chi connectivity index (χ2v) is 10.3. The Labute approximate surface area is 185 Å². The highest BCUT2D eigenvalue weighted by Crippen LogP contribution is 2.40. The average Bonchev–Trinajstić information content (AvgIpc) is 3.58. The van der Waals surface area contributed by atoms with Gasteiger partial charge in [0.25, 0.3) is 10.0 Å². The molecular formula is C23H22N6O2S. The van der Waals surface area contributed by atoms with E-state index in [1.807, 2.05) is 23.5 Å². The number of aromatic nitrogens is 6. The van der Waals surface area contributed by atoms with Gasteiger partial charge in [-0.3, -0.25) is 4.40 Å². The van der Waals surface area contributed by atoms with Crippen molar-refractivity contribution in [3.05, 3.63) is 78.6 Å². The molecule has 6 rings (SSSR count). The molecule has 1 fully saturated rings. The van der Waals surface area contributed by atoms with Gasteiger partial charge in [-0.15, -0.1) is 10.2 Å². The molecule has 0 amide bonds. The maximum Gasteiger partial charge on any atom is 0.269 e. The van der Waals surface area contributed by atoms with E-state index in [4.69, 9.17) is 0 Å². The Hall–Kier alpha value is -3.46. The number of aryl methyl sites for hydroxylation is 1. The number of hydrogen-bond acceptors (Lipinski definition) is 5. The summed E-state index contributed by atoms with van der Waals surface area (Å²) >= 11 is 0. The van der Waals surface area contributed by atoms with Crippen molar-refractivity contribution in [3.8, 4) is 0 Å². The Morgan fingerprint density at radius 1 is 0.969 bits per heavy atom. The van der Waals surface area contributed by atoms with Crippen molar-refractivity contribution in [2.75, 3.05) is 0 Å². The first-order valence-electron chi connectivity index (χ1n) is 10.7. The van der Waals surface area contributed by atoms with Gasteiger partial charge in [-0.1, -0.05) is 17.7 Å². The fourth-order valence-electron chi connectivity index (χ4n) is 4.79. The van der Waals surface area contributed by atoms with Crippen LogP contribution in [0.1, 0.15) is 42.6 Å². The van der Waals surface area contributed by atoms with E-state index in [2.05, 4.69) is 32.1 Å². The Balaban J connectivity index is 1.44. The van der Waals surface area contributed by atoms with Crippen molar-refractivity contribution in [3.63, 3.8) is 0 Å². The molecule has 4 aromatic heterocycles. The third-order valence-corrected chi connectivity index (χ3v) is 8.14. The van der Waals surface area contributed by atoms with Crippen LogP contribution in [0.3, 0.4) is 0 Å². The van der Waals surface area contributed by atoms with Gasteiger partial charge in [-0.2, -0.15) is 0 Å². The SMILES string of the molecule is Cc1ccc(S(=O)(=O)n2ccc3c2ncc2nnc([C@@H]4CC[C@H](n5cccc5)C4)n23)cc1. The summed E-state index contributed by atoms with van der Waals surface area (Å²) in [4.78, 5) is 4.66. The van der Waals surface area contributed by atoms with E-state index in [0.29, 0.717) is 22.9 Å². The van der Waals surface area contributed by atoms with Crippen molar-refractivity contribution >= 4 is 26.8 Å². The second kappa shape index (κ2) is 7.03. The third-order valence-electron chi connectivity index (χ3n) is 6.46. The summed E-state index contributed by atoms with van der Waals surface area (Å²) in [7, 11) is -3.76. The van der Waals surface area contributed by atoms with Crippen molar-refractivity contribution in [1.29, 1.82) is 0 Å². The van der Waals surface area contributed by atoms with Crippen LogP contribution in [0.5, 0.6) is 0 Å². The number of benzene rings is 1. The lowest BCUT2D eigenvalue weighted by atomic mass is 10.1. The normalized spacial score (nSPS) is 19.3. The Morgan fingerprint density at radius 3 is 2.53 bits per heavy atom. The zero-order valence-electron chi connectivity index (χ0n) is 17.5. The molecular weight excluding hydrogens is 424 g/mol. The highest BCUT2D eigenvalue weighted by atomic mass is 32.2. The summed E-state index contributed by atoms with van der Waals surface area (Å²) < 4.78 is 32.0. The Morgan fingerprint density at radius 2 is 1.75 bits per heavy atom. The van der Waals surface area contributed by atoms with E-state index in [1.54, 1.807) is 42.7 Å².